The third-order valence-electron chi connectivity index (χ3n) is 4.03. The van der Waals surface area contributed by atoms with Crippen molar-refractivity contribution >= 4 is 11.8 Å². The van der Waals surface area contributed by atoms with Crippen molar-refractivity contribution < 1.29 is 14.0 Å². The van der Waals surface area contributed by atoms with Gasteiger partial charge in [0, 0.05) is 30.6 Å². The smallest absolute Gasteiger partial charge is 0.252 e. The molecule has 132 valence electrons. The Kier molecular flexibility index (Phi) is 4.79. The first-order chi connectivity index (χ1) is 12.5. The van der Waals surface area contributed by atoms with Crippen LogP contribution >= 0.6 is 0 Å². The Balaban J connectivity index is 1.90. The molecule has 3 aromatic rings. The van der Waals surface area contributed by atoms with Crippen molar-refractivity contribution in [3.05, 3.63) is 89.3 Å². The number of carbonyl (C=O) groups excluding carboxylic acids is 2. The van der Waals surface area contributed by atoms with E-state index in [1.165, 1.54) is 36.4 Å². The summed E-state index contributed by atoms with van der Waals surface area (Å²) in [5.74, 6) is -0.660. The average Bonchev–Trinajstić information content (AvgIpc) is 3.06. The molecule has 1 heterocycles. The predicted molar refractivity (Wildman–Crippen MR) is 93.9 cm³/mol. The molecule has 0 saturated carbocycles. The second-order valence-electron chi connectivity index (χ2n) is 5.80. The van der Waals surface area contributed by atoms with Crippen LogP contribution in [0.25, 0.3) is 0 Å². The zero-order valence-electron chi connectivity index (χ0n) is 14.0. The molecule has 3 N–H and O–H groups in total. The normalized spacial score (nSPS) is 11.8. The van der Waals surface area contributed by atoms with Crippen LogP contribution < -0.4 is 11.1 Å². The van der Waals surface area contributed by atoms with Gasteiger partial charge in [0.25, 0.3) is 5.91 Å². The van der Waals surface area contributed by atoms with E-state index in [2.05, 4.69) is 10.3 Å². The first kappa shape index (κ1) is 17.3. The van der Waals surface area contributed by atoms with Crippen molar-refractivity contribution in [3.8, 4) is 0 Å². The van der Waals surface area contributed by atoms with Gasteiger partial charge in [-0.3, -0.25) is 9.59 Å². The third kappa shape index (κ3) is 3.61. The van der Waals surface area contributed by atoms with E-state index in [0.717, 1.165) is 0 Å². The first-order valence-electron chi connectivity index (χ1n) is 7.89. The highest BCUT2D eigenvalue weighted by Crippen LogP contribution is 2.21. The molecule has 0 aliphatic heterocycles. The standard InChI is InChI=1S/C19H17FN4O2/c1-24-11-10-22-18(24)16(12-6-8-15(20)9-7-12)23-19(26)14-4-2-13(3-5-14)17(21)25/h2-11,16H,1H3,(H2,21,25)(H,23,26). The topological polar surface area (TPSA) is 90.0 Å². The second-order valence-corrected chi connectivity index (χ2v) is 5.80. The molecule has 0 radical (unpaired) electrons. The van der Waals surface area contributed by atoms with Crippen LogP contribution in [0.1, 0.15) is 38.1 Å². The Labute approximate surface area is 149 Å². The van der Waals surface area contributed by atoms with Gasteiger partial charge in [-0.15, -0.1) is 0 Å². The van der Waals surface area contributed by atoms with Crippen molar-refractivity contribution in [2.45, 2.75) is 6.04 Å². The Morgan fingerprint density at radius 1 is 1.08 bits per heavy atom. The lowest BCUT2D eigenvalue weighted by atomic mass is 10.0. The van der Waals surface area contributed by atoms with Gasteiger partial charge in [0.1, 0.15) is 17.7 Å². The number of aryl methyl sites for hydroxylation is 1. The number of benzene rings is 2. The highest BCUT2D eigenvalue weighted by Gasteiger charge is 2.21. The lowest BCUT2D eigenvalue weighted by Crippen LogP contribution is -2.31. The summed E-state index contributed by atoms with van der Waals surface area (Å²) in [6.45, 7) is 0. The number of amides is 2. The summed E-state index contributed by atoms with van der Waals surface area (Å²) in [5.41, 5.74) is 6.60. The van der Waals surface area contributed by atoms with E-state index in [1.807, 2.05) is 7.05 Å². The molecule has 1 unspecified atom stereocenters. The Morgan fingerprint density at radius 3 is 2.23 bits per heavy atom. The molecule has 6 nitrogen and oxygen atoms in total. The maximum atomic E-state index is 13.3. The molecule has 2 aromatic carbocycles. The van der Waals surface area contributed by atoms with E-state index in [0.29, 0.717) is 22.5 Å². The average molecular weight is 352 g/mol. The van der Waals surface area contributed by atoms with Gasteiger partial charge in [0.15, 0.2) is 0 Å². The highest BCUT2D eigenvalue weighted by atomic mass is 19.1. The summed E-state index contributed by atoms with van der Waals surface area (Å²) in [5, 5.41) is 2.90. The minimum absolute atomic E-state index is 0.320. The molecule has 0 spiro atoms. The van der Waals surface area contributed by atoms with Crippen molar-refractivity contribution in [2.75, 3.05) is 0 Å². The summed E-state index contributed by atoms with van der Waals surface area (Å²) in [6, 6.07) is 11.3. The van der Waals surface area contributed by atoms with Crippen LogP contribution in [-0.4, -0.2) is 21.4 Å². The van der Waals surface area contributed by atoms with Crippen molar-refractivity contribution in [3.63, 3.8) is 0 Å². The van der Waals surface area contributed by atoms with E-state index in [-0.39, 0.29) is 11.7 Å². The van der Waals surface area contributed by atoms with Crippen LogP contribution in [0.2, 0.25) is 0 Å². The molecule has 0 bridgehead atoms. The maximum Gasteiger partial charge on any atom is 0.252 e. The minimum atomic E-state index is -0.561. The number of rotatable bonds is 5. The number of primary amides is 1. The van der Waals surface area contributed by atoms with Gasteiger partial charge in [-0.05, 0) is 42.0 Å². The molecule has 0 aliphatic carbocycles. The molecule has 0 aliphatic rings. The van der Waals surface area contributed by atoms with Crippen LogP contribution in [0, 0.1) is 5.82 Å². The molecule has 2 amide bonds. The molecule has 26 heavy (non-hydrogen) atoms. The fourth-order valence-corrected chi connectivity index (χ4v) is 2.61. The minimum Gasteiger partial charge on any atom is -0.366 e. The number of imidazole rings is 1. The molecule has 0 saturated heterocycles. The number of nitrogens with one attached hydrogen (secondary N) is 1. The lowest BCUT2D eigenvalue weighted by Gasteiger charge is -2.19. The van der Waals surface area contributed by atoms with E-state index >= 15 is 0 Å². The number of nitrogens with zero attached hydrogens (tertiary/aromatic N) is 2. The van der Waals surface area contributed by atoms with E-state index in [1.54, 1.807) is 29.1 Å². The first-order valence-corrected chi connectivity index (χ1v) is 7.89. The Morgan fingerprint density at radius 2 is 1.69 bits per heavy atom. The van der Waals surface area contributed by atoms with Crippen LogP contribution in [0.4, 0.5) is 4.39 Å². The number of hydrogen-bond donors (Lipinski definition) is 2. The molecule has 0 fully saturated rings. The summed E-state index contributed by atoms with van der Waals surface area (Å²) < 4.78 is 15.0. The third-order valence-corrected chi connectivity index (χ3v) is 4.03. The van der Waals surface area contributed by atoms with Gasteiger partial charge in [0.2, 0.25) is 5.91 Å². The zero-order chi connectivity index (χ0) is 18.7. The SMILES string of the molecule is Cn1ccnc1C(NC(=O)c1ccc(C(N)=O)cc1)c1ccc(F)cc1. The molecular weight excluding hydrogens is 335 g/mol. The molecule has 3 rings (SSSR count). The van der Waals surface area contributed by atoms with Crippen molar-refractivity contribution in [1.82, 2.24) is 14.9 Å². The van der Waals surface area contributed by atoms with Crippen LogP contribution in [0.15, 0.2) is 60.9 Å². The van der Waals surface area contributed by atoms with Crippen molar-refractivity contribution in [2.24, 2.45) is 12.8 Å². The van der Waals surface area contributed by atoms with E-state index in [4.69, 9.17) is 5.73 Å². The Hall–Kier alpha value is -3.48. The quantitative estimate of drug-likeness (QED) is 0.737. The van der Waals surface area contributed by atoms with Crippen LogP contribution in [0.3, 0.4) is 0 Å². The van der Waals surface area contributed by atoms with Gasteiger partial charge < -0.3 is 15.6 Å². The zero-order valence-corrected chi connectivity index (χ0v) is 14.0. The Bertz CT molecular complexity index is 933. The molecule has 7 heteroatoms. The fourth-order valence-electron chi connectivity index (χ4n) is 2.61. The van der Waals surface area contributed by atoms with Gasteiger partial charge in [-0.2, -0.15) is 0 Å². The van der Waals surface area contributed by atoms with E-state index < -0.39 is 11.9 Å². The number of hydrogen-bond acceptors (Lipinski definition) is 3. The van der Waals surface area contributed by atoms with Crippen molar-refractivity contribution in [1.29, 1.82) is 0 Å². The summed E-state index contributed by atoms with van der Waals surface area (Å²) in [6.07, 6.45) is 3.39. The van der Waals surface area contributed by atoms with Gasteiger partial charge in [0.05, 0.1) is 0 Å². The fraction of sp³-hybridized carbons (Fsp3) is 0.105. The number of nitrogens with two attached hydrogens (primary N) is 1. The van der Waals surface area contributed by atoms with Crippen LogP contribution in [-0.2, 0) is 7.05 Å². The molecule has 1 atom stereocenters. The summed E-state index contributed by atoms with van der Waals surface area (Å²) >= 11 is 0. The number of aromatic nitrogens is 2. The van der Waals surface area contributed by atoms with Gasteiger partial charge >= 0.3 is 0 Å². The lowest BCUT2D eigenvalue weighted by molar-refractivity contribution is 0.0939. The van der Waals surface area contributed by atoms with Gasteiger partial charge in [-0.1, -0.05) is 12.1 Å². The van der Waals surface area contributed by atoms with E-state index in [9.17, 15) is 14.0 Å². The summed E-state index contributed by atoms with van der Waals surface area (Å²) in [7, 11) is 1.81. The highest BCUT2D eigenvalue weighted by molar-refractivity contribution is 5.97. The molecule has 1 aromatic heterocycles. The summed E-state index contributed by atoms with van der Waals surface area (Å²) in [4.78, 5) is 28.1. The predicted octanol–water partition coefficient (Wildman–Crippen LogP) is 2.18. The molecular formula is C19H17FN4O2. The monoisotopic (exact) mass is 352 g/mol. The number of carbonyl (C=O) groups is 2. The number of halogens is 1. The van der Waals surface area contributed by atoms with Crippen LogP contribution in [0.5, 0.6) is 0 Å². The largest absolute Gasteiger partial charge is 0.366 e. The van der Waals surface area contributed by atoms with Gasteiger partial charge in [-0.25, -0.2) is 9.37 Å². The second kappa shape index (κ2) is 7.18. The maximum absolute atomic E-state index is 13.3.